The number of aldehydes is 1. The van der Waals surface area contributed by atoms with Gasteiger partial charge in [0.2, 0.25) is 5.56 Å². The molecular formula is C15H24N2O2. The molecule has 1 aromatic heterocycles. The van der Waals surface area contributed by atoms with E-state index < -0.39 is 0 Å². The Hall–Kier alpha value is -1.58. The van der Waals surface area contributed by atoms with Gasteiger partial charge in [0.05, 0.1) is 0 Å². The fourth-order valence-corrected chi connectivity index (χ4v) is 2.57. The first-order chi connectivity index (χ1) is 9.12. The quantitative estimate of drug-likeness (QED) is 0.708. The fourth-order valence-electron chi connectivity index (χ4n) is 2.57. The van der Waals surface area contributed by atoms with Crippen LogP contribution in [-0.4, -0.2) is 11.3 Å². The largest absolute Gasteiger partial charge is 0.385 e. The van der Waals surface area contributed by atoms with Crippen LogP contribution in [0, 0.1) is 11.8 Å². The fraction of sp³-hybridized carbons (Fsp3) is 0.600. The molecule has 0 aliphatic carbocycles. The van der Waals surface area contributed by atoms with Crippen LogP contribution in [-0.2, 0) is 11.2 Å². The number of anilines is 1. The monoisotopic (exact) mass is 264 g/mol. The van der Waals surface area contributed by atoms with Crippen LogP contribution in [0.5, 0.6) is 0 Å². The van der Waals surface area contributed by atoms with Crippen LogP contribution >= 0.6 is 0 Å². The number of carbonyl (C=O) groups excluding carboxylic acids is 1. The number of aromatic amines is 1. The van der Waals surface area contributed by atoms with Gasteiger partial charge in [-0.3, -0.25) is 4.79 Å². The standard InChI is InChI=1S/C15H24N2O2/c1-3-5-11(4-2)13(10-18)7-6-12-8-9-14(19)17-15(12)16/h8-11,13H,3-7H2,1-2H3,(H3,16,17,19). The van der Waals surface area contributed by atoms with Crippen molar-refractivity contribution in [3.05, 3.63) is 28.0 Å². The van der Waals surface area contributed by atoms with Crippen molar-refractivity contribution in [1.82, 2.24) is 4.98 Å². The zero-order valence-electron chi connectivity index (χ0n) is 11.8. The van der Waals surface area contributed by atoms with Gasteiger partial charge >= 0.3 is 0 Å². The molecule has 19 heavy (non-hydrogen) atoms. The number of aryl methyl sites for hydroxylation is 1. The van der Waals surface area contributed by atoms with E-state index in [4.69, 9.17) is 5.73 Å². The summed E-state index contributed by atoms with van der Waals surface area (Å²) in [6.45, 7) is 4.27. The molecule has 0 aliphatic heterocycles. The summed E-state index contributed by atoms with van der Waals surface area (Å²) < 4.78 is 0. The van der Waals surface area contributed by atoms with Crippen LogP contribution in [0.4, 0.5) is 5.82 Å². The second-order valence-corrected chi connectivity index (χ2v) is 5.06. The lowest BCUT2D eigenvalue weighted by atomic mass is 9.83. The van der Waals surface area contributed by atoms with Crippen molar-refractivity contribution in [1.29, 1.82) is 0 Å². The number of hydrogen-bond acceptors (Lipinski definition) is 3. The van der Waals surface area contributed by atoms with Crippen molar-refractivity contribution in [2.45, 2.75) is 46.0 Å². The third-order valence-corrected chi connectivity index (χ3v) is 3.75. The molecule has 0 bridgehead atoms. The second kappa shape index (κ2) is 7.77. The van der Waals surface area contributed by atoms with E-state index >= 15 is 0 Å². The molecule has 4 nitrogen and oxygen atoms in total. The predicted molar refractivity (Wildman–Crippen MR) is 78.0 cm³/mol. The van der Waals surface area contributed by atoms with Gasteiger partial charge in [0.1, 0.15) is 12.1 Å². The molecule has 0 amide bonds. The number of rotatable bonds is 8. The van der Waals surface area contributed by atoms with Crippen LogP contribution in [0.3, 0.4) is 0 Å². The lowest BCUT2D eigenvalue weighted by Gasteiger charge is -2.21. The van der Waals surface area contributed by atoms with Gasteiger partial charge in [-0.1, -0.05) is 33.1 Å². The van der Waals surface area contributed by atoms with Gasteiger partial charge in [-0.15, -0.1) is 0 Å². The van der Waals surface area contributed by atoms with Gasteiger partial charge in [-0.05, 0) is 30.4 Å². The molecule has 2 atom stereocenters. The molecule has 0 aliphatic rings. The highest BCUT2D eigenvalue weighted by molar-refractivity contribution is 5.54. The number of nitrogens with two attached hydrogens (primary N) is 1. The SMILES string of the molecule is CCCC(CC)C(C=O)CCc1ccc(=O)[nH]c1N. The molecule has 0 saturated heterocycles. The van der Waals surface area contributed by atoms with Crippen LogP contribution in [0.15, 0.2) is 16.9 Å². The van der Waals surface area contributed by atoms with Crippen molar-refractivity contribution in [2.24, 2.45) is 11.8 Å². The summed E-state index contributed by atoms with van der Waals surface area (Å²) in [5, 5.41) is 0. The van der Waals surface area contributed by atoms with E-state index in [0.717, 1.165) is 44.0 Å². The zero-order chi connectivity index (χ0) is 14.3. The normalized spacial score (nSPS) is 14.0. The van der Waals surface area contributed by atoms with Gasteiger partial charge in [0, 0.05) is 12.0 Å². The summed E-state index contributed by atoms with van der Waals surface area (Å²) in [5.41, 5.74) is 6.50. The van der Waals surface area contributed by atoms with Crippen LogP contribution in [0.1, 0.15) is 45.1 Å². The van der Waals surface area contributed by atoms with E-state index in [1.54, 1.807) is 6.07 Å². The molecule has 1 aromatic rings. The number of nitrogen functional groups attached to an aromatic ring is 1. The minimum atomic E-state index is -0.189. The smallest absolute Gasteiger partial charge is 0.249 e. The van der Waals surface area contributed by atoms with E-state index in [9.17, 15) is 9.59 Å². The lowest BCUT2D eigenvalue weighted by molar-refractivity contribution is -0.112. The van der Waals surface area contributed by atoms with Crippen molar-refractivity contribution in [2.75, 3.05) is 5.73 Å². The first kappa shape index (κ1) is 15.5. The summed E-state index contributed by atoms with van der Waals surface area (Å²) in [6, 6.07) is 3.22. The molecule has 3 N–H and O–H groups in total. The zero-order valence-corrected chi connectivity index (χ0v) is 11.8. The highest BCUT2D eigenvalue weighted by Crippen LogP contribution is 2.24. The maximum Gasteiger partial charge on any atom is 0.249 e. The molecule has 1 heterocycles. The maximum absolute atomic E-state index is 11.3. The molecule has 0 spiro atoms. The first-order valence-corrected chi connectivity index (χ1v) is 7.05. The molecule has 0 radical (unpaired) electrons. The van der Waals surface area contributed by atoms with Gasteiger partial charge in [0.25, 0.3) is 0 Å². The highest BCUT2D eigenvalue weighted by Gasteiger charge is 2.18. The number of hydrogen-bond donors (Lipinski definition) is 2. The van der Waals surface area contributed by atoms with E-state index in [2.05, 4.69) is 18.8 Å². The van der Waals surface area contributed by atoms with Gasteiger partial charge < -0.3 is 15.5 Å². The number of pyridine rings is 1. The van der Waals surface area contributed by atoms with E-state index in [1.807, 2.05) is 0 Å². The average Bonchev–Trinajstić information content (AvgIpc) is 2.40. The Morgan fingerprint density at radius 2 is 2.05 bits per heavy atom. The van der Waals surface area contributed by atoms with E-state index in [-0.39, 0.29) is 11.5 Å². The summed E-state index contributed by atoms with van der Waals surface area (Å²) >= 11 is 0. The molecule has 2 unspecified atom stereocenters. The Labute approximate surface area is 114 Å². The predicted octanol–water partition coefficient (Wildman–Crippen LogP) is 2.53. The summed E-state index contributed by atoms with van der Waals surface area (Å²) in [7, 11) is 0. The molecular weight excluding hydrogens is 240 g/mol. The highest BCUT2D eigenvalue weighted by atomic mass is 16.1. The molecule has 1 rings (SSSR count). The van der Waals surface area contributed by atoms with Crippen molar-refractivity contribution in [3.8, 4) is 0 Å². The van der Waals surface area contributed by atoms with E-state index in [0.29, 0.717) is 11.7 Å². The topological polar surface area (TPSA) is 76.0 Å². The van der Waals surface area contributed by atoms with Crippen LogP contribution in [0.25, 0.3) is 0 Å². The number of aromatic nitrogens is 1. The number of carbonyl (C=O) groups is 1. The maximum atomic E-state index is 11.3. The molecule has 106 valence electrons. The third kappa shape index (κ3) is 4.54. The minimum Gasteiger partial charge on any atom is -0.385 e. The lowest BCUT2D eigenvalue weighted by Crippen LogP contribution is -2.17. The Morgan fingerprint density at radius 3 is 2.58 bits per heavy atom. The van der Waals surface area contributed by atoms with Gasteiger partial charge in [-0.2, -0.15) is 0 Å². The Kier molecular flexibility index (Phi) is 6.33. The first-order valence-electron chi connectivity index (χ1n) is 7.05. The molecule has 0 saturated carbocycles. The Morgan fingerprint density at radius 1 is 1.32 bits per heavy atom. The molecule has 0 fully saturated rings. The summed E-state index contributed by atoms with van der Waals surface area (Å²) in [6.07, 6.45) is 5.80. The minimum absolute atomic E-state index is 0.0799. The Bertz CT molecular complexity index is 454. The third-order valence-electron chi connectivity index (χ3n) is 3.75. The second-order valence-electron chi connectivity index (χ2n) is 5.06. The average molecular weight is 264 g/mol. The van der Waals surface area contributed by atoms with Gasteiger partial charge in [0.15, 0.2) is 0 Å². The number of H-pyrrole nitrogens is 1. The molecule has 4 heteroatoms. The Balaban J connectivity index is 2.66. The van der Waals surface area contributed by atoms with Crippen molar-refractivity contribution in [3.63, 3.8) is 0 Å². The van der Waals surface area contributed by atoms with Crippen LogP contribution < -0.4 is 11.3 Å². The van der Waals surface area contributed by atoms with Crippen molar-refractivity contribution >= 4 is 12.1 Å². The summed E-state index contributed by atoms with van der Waals surface area (Å²) in [4.78, 5) is 24.9. The van der Waals surface area contributed by atoms with Crippen LogP contribution in [0.2, 0.25) is 0 Å². The summed E-state index contributed by atoms with van der Waals surface area (Å²) in [5.74, 6) is 0.948. The van der Waals surface area contributed by atoms with Crippen molar-refractivity contribution < 1.29 is 4.79 Å². The molecule has 0 aromatic carbocycles. The van der Waals surface area contributed by atoms with Gasteiger partial charge in [-0.25, -0.2) is 0 Å². The van der Waals surface area contributed by atoms with E-state index in [1.165, 1.54) is 6.07 Å². The number of nitrogens with one attached hydrogen (secondary N) is 1.